The van der Waals surface area contributed by atoms with Gasteiger partial charge in [0.15, 0.2) is 0 Å². The first-order chi connectivity index (χ1) is 10.1. The fraction of sp³-hybridized carbons (Fsp3) is 0.533. The number of anilines is 1. The molecular formula is C15H20F2N2O2. The summed E-state index contributed by atoms with van der Waals surface area (Å²) in [6.45, 7) is 2.14. The van der Waals surface area contributed by atoms with Crippen molar-refractivity contribution in [3.8, 4) is 0 Å². The number of amides is 1. The van der Waals surface area contributed by atoms with Gasteiger partial charge in [-0.05, 0) is 38.3 Å². The summed E-state index contributed by atoms with van der Waals surface area (Å²) in [6.07, 6.45) is 2.76. The molecule has 1 aliphatic rings. The summed E-state index contributed by atoms with van der Waals surface area (Å²) in [6, 6.07) is 2.16. The van der Waals surface area contributed by atoms with Gasteiger partial charge in [-0.3, -0.25) is 4.79 Å². The zero-order valence-corrected chi connectivity index (χ0v) is 12.0. The Kier molecular flexibility index (Phi) is 5.12. The second kappa shape index (κ2) is 6.85. The quantitative estimate of drug-likeness (QED) is 0.848. The van der Waals surface area contributed by atoms with Crippen molar-refractivity contribution in [2.75, 3.05) is 25.0 Å². The van der Waals surface area contributed by atoms with Crippen molar-refractivity contribution < 1.29 is 18.7 Å². The predicted molar refractivity (Wildman–Crippen MR) is 76.3 cm³/mol. The number of rotatable bonds is 6. The van der Waals surface area contributed by atoms with E-state index in [9.17, 15) is 13.6 Å². The molecule has 1 aromatic carbocycles. The van der Waals surface area contributed by atoms with Crippen LogP contribution in [0.1, 0.15) is 36.5 Å². The number of nitrogens with zero attached hydrogens (tertiary/aromatic N) is 1. The van der Waals surface area contributed by atoms with Crippen LogP contribution in [0.25, 0.3) is 0 Å². The number of carbonyl (C=O) groups is 1. The molecule has 1 saturated carbocycles. The number of nitrogens with one attached hydrogen (secondary N) is 1. The minimum absolute atomic E-state index is 0.0213. The lowest BCUT2D eigenvalue weighted by Gasteiger charge is -2.37. The van der Waals surface area contributed by atoms with Gasteiger partial charge in [-0.1, -0.05) is 0 Å². The van der Waals surface area contributed by atoms with Crippen molar-refractivity contribution in [3.63, 3.8) is 0 Å². The molecule has 1 aromatic rings. The Morgan fingerprint density at radius 2 is 2.00 bits per heavy atom. The molecule has 1 amide bonds. The van der Waals surface area contributed by atoms with Crippen LogP contribution in [0.5, 0.6) is 0 Å². The lowest BCUT2D eigenvalue weighted by molar-refractivity contribution is 0.0525. The Labute approximate surface area is 122 Å². The average Bonchev–Trinajstić information content (AvgIpc) is 2.39. The first-order valence-corrected chi connectivity index (χ1v) is 7.23. The smallest absolute Gasteiger partial charge is 0.254 e. The summed E-state index contributed by atoms with van der Waals surface area (Å²) < 4.78 is 27.8. The maximum absolute atomic E-state index is 13.9. The van der Waals surface area contributed by atoms with Crippen LogP contribution in [-0.2, 0) is 0 Å². The lowest BCUT2D eigenvalue weighted by Crippen LogP contribution is -2.45. The molecule has 0 aromatic heterocycles. The average molecular weight is 298 g/mol. The van der Waals surface area contributed by atoms with Gasteiger partial charge in [0.1, 0.15) is 17.3 Å². The fourth-order valence-corrected chi connectivity index (χ4v) is 2.46. The van der Waals surface area contributed by atoms with E-state index >= 15 is 0 Å². The van der Waals surface area contributed by atoms with Crippen LogP contribution in [0.15, 0.2) is 12.1 Å². The monoisotopic (exact) mass is 298 g/mol. The van der Waals surface area contributed by atoms with E-state index in [4.69, 9.17) is 5.11 Å². The number of carbonyl (C=O) groups excluding carboxylic acids is 1. The lowest BCUT2D eigenvalue weighted by atomic mass is 9.91. The van der Waals surface area contributed by atoms with E-state index in [0.717, 1.165) is 31.4 Å². The van der Waals surface area contributed by atoms with E-state index in [1.165, 1.54) is 4.90 Å². The largest absolute Gasteiger partial charge is 0.395 e. The summed E-state index contributed by atoms with van der Waals surface area (Å²) in [5.74, 6) is -2.00. The number of aliphatic hydroxyl groups excluding tert-OH is 1. The van der Waals surface area contributed by atoms with Crippen molar-refractivity contribution in [1.82, 2.24) is 4.90 Å². The van der Waals surface area contributed by atoms with Crippen LogP contribution >= 0.6 is 0 Å². The molecule has 1 fully saturated rings. The molecule has 0 saturated heterocycles. The van der Waals surface area contributed by atoms with Gasteiger partial charge in [0.25, 0.3) is 5.91 Å². The van der Waals surface area contributed by atoms with Gasteiger partial charge in [-0.2, -0.15) is 0 Å². The standard InChI is InChI=1S/C15H20F2N2O2/c1-2-18-14-12(16)8-10(9-13(14)17)15(21)19(6-7-20)11-4-3-5-11/h8-9,11,18,20H,2-7H2,1H3. The molecule has 0 aliphatic heterocycles. The van der Waals surface area contributed by atoms with Crippen LogP contribution in [0, 0.1) is 11.6 Å². The number of halogens is 2. The minimum atomic E-state index is -0.780. The maximum Gasteiger partial charge on any atom is 0.254 e. The van der Waals surface area contributed by atoms with E-state index in [2.05, 4.69) is 5.32 Å². The first kappa shape index (κ1) is 15.7. The van der Waals surface area contributed by atoms with Crippen molar-refractivity contribution in [1.29, 1.82) is 0 Å². The zero-order chi connectivity index (χ0) is 15.4. The summed E-state index contributed by atoms with van der Waals surface area (Å²) in [5.41, 5.74) is -0.238. The second-order valence-corrected chi connectivity index (χ2v) is 5.15. The van der Waals surface area contributed by atoms with Crippen LogP contribution in [0.3, 0.4) is 0 Å². The van der Waals surface area contributed by atoms with Crippen LogP contribution in [-0.4, -0.2) is 41.7 Å². The van der Waals surface area contributed by atoms with E-state index < -0.39 is 17.5 Å². The van der Waals surface area contributed by atoms with Gasteiger partial charge in [0, 0.05) is 24.7 Å². The van der Waals surface area contributed by atoms with E-state index in [0.29, 0.717) is 6.54 Å². The normalized spacial score (nSPS) is 14.7. The van der Waals surface area contributed by atoms with Crippen molar-refractivity contribution >= 4 is 11.6 Å². The molecule has 2 N–H and O–H groups in total. The van der Waals surface area contributed by atoms with Crippen LogP contribution in [0.2, 0.25) is 0 Å². The summed E-state index contributed by atoms with van der Waals surface area (Å²) >= 11 is 0. The summed E-state index contributed by atoms with van der Waals surface area (Å²) in [5, 5.41) is 11.7. The van der Waals surface area contributed by atoms with Crippen molar-refractivity contribution in [2.45, 2.75) is 32.2 Å². The Bertz CT molecular complexity index is 495. The maximum atomic E-state index is 13.9. The molecule has 0 radical (unpaired) electrons. The molecule has 116 valence electrons. The molecular weight excluding hydrogens is 278 g/mol. The Hall–Kier alpha value is -1.69. The zero-order valence-electron chi connectivity index (χ0n) is 12.0. The summed E-state index contributed by atoms with van der Waals surface area (Å²) in [4.78, 5) is 13.9. The van der Waals surface area contributed by atoms with Gasteiger partial charge in [0.2, 0.25) is 0 Å². The van der Waals surface area contributed by atoms with Crippen molar-refractivity contribution in [3.05, 3.63) is 29.3 Å². The molecule has 21 heavy (non-hydrogen) atoms. The Morgan fingerprint density at radius 1 is 1.38 bits per heavy atom. The minimum Gasteiger partial charge on any atom is -0.395 e. The predicted octanol–water partition coefficient (Wildman–Crippen LogP) is 2.38. The van der Waals surface area contributed by atoms with Gasteiger partial charge in [-0.15, -0.1) is 0 Å². The number of benzene rings is 1. The van der Waals surface area contributed by atoms with Crippen molar-refractivity contribution in [2.24, 2.45) is 0 Å². The van der Waals surface area contributed by atoms with E-state index in [1.54, 1.807) is 6.92 Å². The summed E-state index contributed by atoms with van der Waals surface area (Å²) in [7, 11) is 0. The van der Waals surface area contributed by atoms with Crippen LogP contribution < -0.4 is 5.32 Å². The van der Waals surface area contributed by atoms with Gasteiger partial charge >= 0.3 is 0 Å². The SMILES string of the molecule is CCNc1c(F)cc(C(=O)N(CCO)C2CCC2)cc1F. The number of hydrogen-bond acceptors (Lipinski definition) is 3. The van der Waals surface area contributed by atoms with E-state index in [1.807, 2.05) is 0 Å². The molecule has 0 spiro atoms. The molecule has 1 aliphatic carbocycles. The highest BCUT2D eigenvalue weighted by Gasteiger charge is 2.29. The molecule has 6 heteroatoms. The fourth-order valence-electron chi connectivity index (χ4n) is 2.46. The molecule has 0 unspecified atom stereocenters. The number of hydrogen-bond donors (Lipinski definition) is 2. The molecule has 4 nitrogen and oxygen atoms in total. The highest BCUT2D eigenvalue weighted by molar-refractivity contribution is 5.95. The third-order valence-electron chi connectivity index (χ3n) is 3.76. The highest BCUT2D eigenvalue weighted by Crippen LogP contribution is 2.27. The highest BCUT2D eigenvalue weighted by atomic mass is 19.1. The third kappa shape index (κ3) is 3.32. The molecule has 0 bridgehead atoms. The Balaban J connectivity index is 2.25. The first-order valence-electron chi connectivity index (χ1n) is 7.23. The molecule has 0 atom stereocenters. The Morgan fingerprint density at radius 3 is 2.43 bits per heavy atom. The molecule has 2 rings (SSSR count). The van der Waals surface area contributed by atoms with Gasteiger partial charge in [-0.25, -0.2) is 8.78 Å². The third-order valence-corrected chi connectivity index (χ3v) is 3.76. The van der Waals surface area contributed by atoms with Crippen LogP contribution in [0.4, 0.5) is 14.5 Å². The number of aliphatic hydroxyl groups is 1. The van der Waals surface area contributed by atoms with Gasteiger partial charge in [0.05, 0.1) is 6.61 Å². The second-order valence-electron chi connectivity index (χ2n) is 5.15. The molecule has 0 heterocycles. The van der Waals surface area contributed by atoms with Gasteiger partial charge < -0.3 is 15.3 Å². The van der Waals surface area contributed by atoms with E-state index in [-0.39, 0.29) is 30.4 Å². The topological polar surface area (TPSA) is 52.6 Å².